The van der Waals surface area contributed by atoms with Gasteiger partial charge in [-0.3, -0.25) is 0 Å². The highest BCUT2D eigenvalue weighted by Crippen LogP contribution is 2.14. The molecule has 0 heterocycles. The smallest absolute Gasteiger partial charge is 0.166 e. The van der Waals surface area contributed by atoms with Gasteiger partial charge in [0.05, 0.1) is 0 Å². The van der Waals surface area contributed by atoms with E-state index in [9.17, 15) is 13.2 Å². The van der Waals surface area contributed by atoms with Crippen molar-refractivity contribution in [1.29, 1.82) is 0 Å². The Morgan fingerprint density at radius 1 is 1.06 bits per heavy atom. The minimum atomic E-state index is -1.14. The van der Waals surface area contributed by atoms with Gasteiger partial charge in [0.15, 0.2) is 21.4 Å². The van der Waals surface area contributed by atoms with Crippen LogP contribution in [0.5, 0.6) is 0 Å². The molecule has 1 aromatic rings. The molecular formula is C12H17F3OSi. The van der Waals surface area contributed by atoms with E-state index in [1.165, 1.54) is 0 Å². The molecule has 1 rings (SSSR count). The van der Waals surface area contributed by atoms with Crippen LogP contribution in [0, 0.1) is 17.5 Å². The van der Waals surface area contributed by atoms with Crippen LogP contribution in [-0.4, -0.2) is 15.9 Å². The lowest BCUT2D eigenvalue weighted by atomic mass is 10.2. The van der Waals surface area contributed by atoms with Crippen LogP contribution in [0.25, 0.3) is 0 Å². The molecule has 0 aromatic heterocycles. The molecule has 0 saturated carbocycles. The topological polar surface area (TPSA) is 9.23 Å². The molecular weight excluding hydrogens is 245 g/mol. The molecule has 0 unspecified atom stereocenters. The number of rotatable bonds is 6. The van der Waals surface area contributed by atoms with E-state index in [2.05, 4.69) is 0 Å². The van der Waals surface area contributed by atoms with Crippen LogP contribution in [0.3, 0.4) is 0 Å². The summed E-state index contributed by atoms with van der Waals surface area (Å²) in [6.45, 7) is 4.06. The molecule has 1 nitrogen and oxygen atoms in total. The lowest BCUT2D eigenvalue weighted by molar-refractivity contribution is 0.202. The Balaban J connectivity index is 2.55. The fourth-order valence-electron chi connectivity index (χ4n) is 1.62. The maximum absolute atomic E-state index is 13.3. The van der Waals surface area contributed by atoms with Crippen molar-refractivity contribution in [2.24, 2.45) is 0 Å². The summed E-state index contributed by atoms with van der Waals surface area (Å²) in [4.78, 5) is 0. The molecule has 1 aromatic carbocycles. The maximum atomic E-state index is 13.3. The second-order valence-electron chi connectivity index (χ2n) is 3.92. The summed E-state index contributed by atoms with van der Waals surface area (Å²) >= 11 is 0. The zero-order chi connectivity index (χ0) is 12.8. The summed E-state index contributed by atoms with van der Waals surface area (Å²) in [7, 11) is -0.935. The predicted octanol–water partition coefficient (Wildman–Crippen LogP) is 2.89. The summed E-state index contributed by atoms with van der Waals surface area (Å²) in [5.41, 5.74) is 0.210. The standard InChI is InChI=1S/C12H17F3OSi/c1-3-9(4-2)16-17-7-8-5-11(14)12(15)6-10(8)13/h5-6,9H,3-4,7,17H2,1-2H3. The van der Waals surface area contributed by atoms with Crippen molar-refractivity contribution in [2.75, 3.05) is 0 Å². The normalized spacial score (nSPS) is 11.9. The molecule has 0 fully saturated rings. The molecule has 0 radical (unpaired) electrons. The van der Waals surface area contributed by atoms with Gasteiger partial charge in [0, 0.05) is 12.2 Å². The number of hydrogen-bond acceptors (Lipinski definition) is 1. The van der Waals surface area contributed by atoms with E-state index < -0.39 is 27.2 Å². The maximum Gasteiger partial charge on any atom is 0.166 e. The number of halogens is 3. The van der Waals surface area contributed by atoms with E-state index in [1.807, 2.05) is 13.8 Å². The van der Waals surface area contributed by atoms with Gasteiger partial charge in [-0.05, 0) is 30.5 Å². The molecule has 0 N–H and O–H groups in total. The van der Waals surface area contributed by atoms with E-state index in [-0.39, 0.29) is 11.7 Å². The van der Waals surface area contributed by atoms with Gasteiger partial charge in [0.1, 0.15) is 5.82 Å². The third kappa shape index (κ3) is 4.16. The first-order valence-corrected chi connectivity index (χ1v) is 7.41. The highest BCUT2D eigenvalue weighted by Gasteiger charge is 2.10. The van der Waals surface area contributed by atoms with Crippen LogP contribution in [0.4, 0.5) is 13.2 Å². The fraction of sp³-hybridized carbons (Fsp3) is 0.500. The first-order chi connectivity index (χ1) is 8.08. The summed E-state index contributed by atoms with van der Waals surface area (Å²) in [5, 5.41) is 0. The first kappa shape index (κ1) is 14.2. The largest absolute Gasteiger partial charge is 0.421 e. The second-order valence-corrected chi connectivity index (χ2v) is 5.16. The Hall–Kier alpha value is -0.813. The molecule has 0 bridgehead atoms. The molecule has 0 amide bonds. The van der Waals surface area contributed by atoms with Crippen molar-refractivity contribution < 1.29 is 17.6 Å². The Kier molecular flexibility index (Phi) is 5.71. The molecule has 96 valence electrons. The average molecular weight is 262 g/mol. The van der Waals surface area contributed by atoms with Gasteiger partial charge in [-0.25, -0.2) is 13.2 Å². The Morgan fingerprint density at radius 2 is 1.65 bits per heavy atom. The molecule has 0 aliphatic carbocycles. The van der Waals surface area contributed by atoms with E-state index in [0.717, 1.165) is 18.9 Å². The van der Waals surface area contributed by atoms with Gasteiger partial charge in [-0.15, -0.1) is 0 Å². The molecule has 5 heteroatoms. The fourth-order valence-corrected chi connectivity index (χ4v) is 3.14. The summed E-state index contributed by atoms with van der Waals surface area (Å²) in [5.74, 6) is -2.84. The third-order valence-electron chi connectivity index (χ3n) is 2.72. The van der Waals surface area contributed by atoms with Crippen molar-refractivity contribution in [2.45, 2.75) is 38.8 Å². The summed E-state index contributed by atoms with van der Waals surface area (Å²) in [6.07, 6.45) is 2.04. The molecule has 0 aliphatic rings. The number of hydrogen-bond donors (Lipinski definition) is 0. The third-order valence-corrected chi connectivity index (χ3v) is 4.17. The highest BCUT2D eigenvalue weighted by molar-refractivity contribution is 6.26. The molecule has 0 atom stereocenters. The van der Waals surface area contributed by atoms with Crippen molar-refractivity contribution in [3.8, 4) is 0 Å². The average Bonchev–Trinajstić information content (AvgIpc) is 2.31. The lowest BCUT2D eigenvalue weighted by Crippen LogP contribution is -2.15. The van der Waals surface area contributed by atoms with Crippen molar-refractivity contribution >= 4 is 9.76 Å². The van der Waals surface area contributed by atoms with E-state index in [1.54, 1.807) is 0 Å². The van der Waals surface area contributed by atoms with Crippen LogP contribution in [0.2, 0.25) is 0 Å². The molecule has 0 saturated heterocycles. The zero-order valence-electron chi connectivity index (χ0n) is 10.1. The van der Waals surface area contributed by atoms with Crippen LogP contribution in [0.15, 0.2) is 12.1 Å². The highest BCUT2D eigenvalue weighted by atomic mass is 28.2. The Labute approximate surface area is 102 Å². The summed E-state index contributed by atoms with van der Waals surface area (Å²) < 4.78 is 44.5. The lowest BCUT2D eigenvalue weighted by Gasteiger charge is -2.14. The quantitative estimate of drug-likeness (QED) is 0.566. The van der Waals surface area contributed by atoms with Gasteiger partial charge >= 0.3 is 0 Å². The zero-order valence-corrected chi connectivity index (χ0v) is 11.5. The summed E-state index contributed by atoms with van der Waals surface area (Å²) in [6, 6.07) is 1.91. The first-order valence-electron chi connectivity index (χ1n) is 5.83. The Morgan fingerprint density at radius 3 is 2.24 bits per heavy atom. The van der Waals surface area contributed by atoms with Crippen molar-refractivity contribution in [1.82, 2.24) is 0 Å². The van der Waals surface area contributed by atoms with Gasteiger partial charge in [0.2, 0.25) is 0 Å². The van der Waals surface area contributed by atoms with Crippen LogP contribution >= 0.6 is 0 Å². The van der Waals surface area contributed by atoms with E-state index in [0.29, 0.717) is 12.1 Å². The second kappa shape index (κ2) is 6.81. The van der Waals surface area contributed by atoms with E-state index >= 15 is 0 Å². The molecule has 0 aliphatic heterocycles. The Bertz CT molecular complexity index is 367. The van der Waals surface area contributed by atoms with Crippen molar-refractivity contribution in [3.05, 3.63) is 35.1 Å². The van der Waals surface area contributed by atoms with E-state index in [4.69, 9.17) is 4.43 Å². The van der Waals surface area contributed by atoms with Crippen LogP contribution < -0.4 is 0 Å². The monoisotopic (exact) mass is 262 g/mol. The molecule has 17 heavy (non-hydrogen) atoms. The minimum Gasteiger partial charge on any atom is -0.421 e. The van der Waals surface area contributed by atoms with Gasteiger partial charge in [0.25, 0.3) is 0 Å². The SMILES string of the molecule is CCC(CC)O[SiH2]Cc1cc(F)c(F)cc1F. The number of benzene rings is 1. The minimum absolute atomic E-state index is 0.204. The van der Waals surface area contributed by atoms with Gasteiger partial charge < -0.3 is 4.43 Å². The van der Waals surface area contributed by atoms with Crippen LogP contribution in [0.1, 0.15) is 32.3 Å². The van der Waals surface area contributed by atoms with Gasteiger partial charge in [-0.1, -0.05) is 13.8 Å². The van der Waals surface area contributed by atoms with Crippen molar-refractivity contribution in [3.63, 3.8) is 0 Å². The molecule has 0 spiro atoms. The van der Waals surface area contributed by atoms with Gasteiger partial charge in [-0.2, -0.15) is 0 Å². The van der Waals surface area contributed by atoms with Crippen LogP contribution in [-0.2, 0) is 10.5 Å². The predicted molar refractivity (Wildman–Crippen MR) is 64.0 cm³/mol.